The van der Waals surface area contributed by atoms with Gasteiger partial charge in [-0.15, -0.1) is 0 Å². The van der Waals surface area contributed by atoms with Crippen LogP contribution in [0.1, 0.15) is 103 Å². The molecular formula is C33H52O2. The fourth-order valence-corrected chi connectivity index (χ4v) is 13.7. The van der Waals surface area contributed by atoms with Crippen LogP contribution in [0, 0.1) is 79.3 Å². The van der Waals surface area contributed by atoms with Crippen molar-refractivity contribution in [2.75, 3.05) is 0 Å². The summed E-state index contributed by atoms with van der Waals surface area (Å²) in [5.74, 6) is 4.66. The Morgan fingerprint density at radius 2 is 1.20 bits per heavy atom. The standard InChI is InChI=1S/C33H52O2/c1-18-21-17-22(24-20-15-14-19(16-20)23(21)24)30(18,10)25(34)35-33(13)29(8,9)31(11)26(2,3)27(4,5)32(33,12)28(31,6)7/h14-15,18-24H,16-17H2,1-13H3. The Labute approximate surface area is 215 Å². The predicted molar refractivity (Wildman–Crippen MR) is 142 cm³/mol. The highest BCUT2D eigenvalue weighted by molar-refractivity contribution is 5.79. The van der Waals surface area contributed by atoms with Crippen molar-refractivity contribution in [2.24, 2.45) is 79.3 Å². The van der Waals surface area contributed by atoms with Crippen molar-refractivity contribution in [2.45, 2.75) is 108 Å². The maximum atomic E-state index is 14.7. The second-order valence-corrected chi connectivity index (χ2v) is 16.9. The second kappa shape index (κ2) is 5.93. The zero-order valence-corrected chi connectivity index (χ0v) is 24.9. The van der Waals surface area contributed by atoms with E-state index in [-0.39, 0.29) is 43.9 Å². The number of hydrogen-bond acceptors (Lipinski definition) is 2. The zero-order chi connectivity index (χ0) is 26.2. The molecule has 6 bridgehead atoms. The molecule has 0 N–H and O–H groups in total. The largest absolute Gasteiger partial charge is 0.458 e. The van der Waals surface area contributed by atoms with Crippen LogP contribution in [0.3, 0.4) is 0 Å². The summed E-state index contributed by atoms with van der Waals surface area (Å²) in [5, 5.41) is 0. The molecule has 35 heavy (non-hydrogen) atoms. The number of allylic oxidation sites excluding steroid dienone is 2. The van der Waals surface area contributed by atoms with E-state index < -0.39 is 5.60 Å². The summed E-state index contributed by atoms with van der Waals surface area (Å²) in [4.78, 5) is 14.7. The molecule has 0 spiro atoms. The first-order chi connectivity index (χ1) is 15.7. The summed E-state index contributed by atoms with van der Waals surface area (Å²) < 4.78 is 7.16. The average molecular weight is 481 g/mol. The molecule has 2 nitrogen and oxygen atoms in total. The Hall–Kier alpha value is -0.790. The zero-order valence-electron chi connectivity index (χ0n) is 24.9. The Morgan fingerprint density at radius 3 is 1.74 bits per heavy atom. The molecule has 6 aliphatic carbocycles. The van der Waals surface area contributed by atoms with Gasteiger partial charge in [-0.1, -0.05) is 88.3 Å². The first-order valence-electron chi connectivity index (χ1n) is 14.7. The summed E-state index contributed by atoms with van der Waals surface area (Å²) in [6.07, 6.45) is 7.55. The first-order valence-corrected chi connectivity index (χ1v) is 14.7. The molecule has 11 unspecified atom stereocenters. The molecule has 0 heterocycles. The van der Waals surface area contributed by atoms with Gasteiger partial charge < -0.3 is 4.74 Å². The number of carbonyl (C=O) groups is 1. The molecule has 2 heteroatoms. The van der Waals surface area contributed by atoms with E-state index in [1.807, 2.05) is 0 Å². The molecule has 0 aliphatic heterocycles. The minimum Gasteiger partial charge on any atom is -0.458 e. The minimum absolute atomic E-state index is 0.00196. The number of carbonyl (C=O) groups excluding carboxylic acids is 1. The van der Waals surface area contributed by atoms with Gasteiger partial charge in [0.1, 0.15) is 5.60 Å². The molecule has 0 radical (unpaired) electrons. The molecule has 6 aliphatic rings. The normalized spacial score (nSPS) is 58.7. The molecular weight excluding hydrogens is 428 g/mol. The lowest BCUT2D eigenvalue weighted by Crippen LogP contribution is -2.68. The second-order valence-electron chi connectivity index (χ2n) is 16.9. The van der Waals surface area contributed by atoms with Gasteiger partial charge in [0, 0.05) is 10.8 Å². The van der Waals surface area contributed by atoms with E-state index in [2.05, 4.69) is 102 Å². The smallest absolute Gasteiger partial charge is 0.312 e. The molecule has 0 amide bonds. The highest BCUT2D eigenvalue weighted by Gasteiger charge is 2.92. The Kier molecular flexibility index (Phi) is 4.16. The van der Waals surface area contributed by atoms with Crippen LogP contribution < -0.4 is 0 Å². The van der Waals surface area contributed by atoms with Gasteiger partial charge in [0.05, 0.1) is 5.41 Å². The fraction of sp³-hybridized carbons (Fsp3) is 0.909. The van der Waals surface area contributed by atoms with Crippen LogP contribution in [-0.2, 0) is 9.53 Å². The van der Waals surface area contributed by atoms with Crippen molar-refractivity contribution in [3.05, 3.63) is 12.2 Å². The summed E-state index contributed by atoms with van der Waals surface area (Å²) in [6.45, 7) is 31.6. The van der Waals surface area contributed by atoms with Crippen molar-refractivity contribution in [1.82, 2.24) is 0 Å². The van der Waals surface area contributed by atoms with E-state index in [1.165, 1.54) is 12.8 Å². The topological polar surface area (TPSA) is 26.3 Å². The first kappa shape index (κ1) is 24.5. The third-order valence-electron chi connectivity index (χ3n) is 17.1. The quantitative estimate of drug-likeness (QED) is 0.226. The molecule has 196 valence electrons. The van der Waals surface area contributed by atoms with E-state index in [0.29, 0.717) is 29.6 Å². The number of esters is 1. The van der Waals surface area contributed by atoms with Crippen molar-refractivity contribution in [3.63, 3.8) is 0 Å². The van der Waals surface area contributed by atoms with Gasteiger partial charge >= 0.3 is 5.97 Å². The van der Waals surface area contributed by atoms with E-state index in [9.17, 15) is 4.79 Å². The number of rotatable bonds is 2. The Balaban J connectivity index is 1.43. The highest BCUT2D eigenvalue weighted by Crippen LogP contribution is 2.92. The van der Waals surface area contributed by atoms with E-state index in [1.54, 1.807) is 0 Å². The summed E-state index contributed by atoms with van der Waals surface area (Å²) >= 11 is 0. The van der Waals surface area contributed by atoms with Crippen LogP contribution in [0.15, 0.2) is 12.2 Å². The minimum atomic E-state index is -0.549. The Bertz CT molecular complexity index is 1050. The number of ether oxygens (including phenoxy) is 1. The van der Waals surface area contributed by atoms with E-state index >= 15 is 0 Å². The van der Waals surface area contributed by atoms with Gasteiger partial charge in [0.15, 0.2) is 0 Å². The average Bonchev–Trinajstić information content (AvgIpc) is 3.52. The molecule has 0 aromatic rings. The number of hydrogen-bond donors (Lipinski definition) is 0. The lowest BCUT2D eigenvalue weighted by Gasteiger charge is -2.67. The summed E-state index contributed by atoms with van der Waals surface area (Å²) in [5.41, 5.74) is -1.14. The molecule has 11 atom stereocenters. The fourth-order valence-electron chi connectivity index (χ4n) is 13.7. The van der Waals surface area contributed by atoms with Crippen LogP contribution >= 0.6 is 0 Å². The van der Waals surface area contributed by atoms with Crippen LogP contribution in [0.2, 0.25) is 0 Å². The Morgan fingerprint density at radius 1 is 0.686 bits per heavy atom. The summed E-state index contributed by atoms with van der Waals surface area (Å²) in [7, 11) is 0. The lowest BCUT2D eigenvalue weighted by molar-refractivity contribution is -0.263. The van der Waals surface area contributed by atoms with Gasteiger partial charge in [-0.25, -0.2) is 0 Å². The molecule has 5 saturated carbocycles. The van der Waals surface area contributed by atoms with Crippen LogP contribution in [0.25, 0.3) is 0 Å². The van der Waals surface area contributed by atoms with Gasteiger partial charge in [-0.3, -0.25) is 4.79 Å². The van der Waals surface area contributed by atoms with Crippen molar-refractivity contribution >= 4 is 5.97 Å². The van der Waals surface area contributed by atoms with Crippen molar-refractivity contribution < 1.29 is 9.53 Å². The van der Waals surface area contributed by atoms with Crippen LogP contribution in [0.5, 0.6) is 0 Å². The third-order valence-corrected chi connectivity index (χ3v) is 17.1. The van der Waals surface area contributed by atoms with Crippen molar-refractivity contribution in [3.8, 4) is 0 Å². The van der Waals surface area contributed by atoms with Crippen LogP contribution in [-0.4, -0.2) is 11.6 Å². The predicted octanol–water partition coefficient (Wildman–Crippen LogP) is 8.16. The van der Waals surface area contributed by atoms with Gasteiger partial charge in [-0.2, -0.15) is 0 Å². The molecule has 6 rings (SSSR count). The van der Waals surface area contributed by atoms with Gasteiger partial charge in [-0.05, 0) is 89.8 Å². The highest BCUT2D eigenvalue weighted by atomic mass is 16.6. The molecule has 0 aromatic heterocycles. The lowest BCUT2D eigenvalue weighted by atomic mass is 9.40. The molecule has 5 fully saturated rings. The maximum Gasteiger partial charge on any atom is 0.312 e. The summed E-state index contributed by atoms with van der Waals surface area (Å²) in [6, 6.07) is 0. The monoisotopic (exact) mass is 480 g/mol. The van der Waals surface area contributed by atoms with Crippen molar-refractivity contribution in [1.29, 1.82) is 0 Å². The molecule has 0 aromatic carbocycles. The third kappa shape index (κ3) is 1.88. The van der Waals surface area contributed by atoms with Crippen LogP contribution in [0.4, 0.5) is 0 Å². The van der Waals surface area contributed by atoms with E-state index in [0.717, 1.165) is 11.8 Å². The van der Waals surface area contributed by atoms with Gasteiger partial charge in [0.25, 0.3) is 0 Å². The maximum absolute atomic E-state index is 14.7. The van der Waals surface area contributed by atoms with Gasteiger partial charge in [0.2, 0.25) is 0 Å². The SMILES string of the molecule is CC1C2CC(C3C4C=CC(C4)C23)C1(C)C(=O)OC1(C)C(C)(C)C2(C)C(C)(C)C(C)(C)C1(C)C2(C)C. The van der Waals surface area contributed by atoms with E-state index in [4.69, 9.17) is 4.74 Å². The molecule has 0 saturated heterocycles. The number of fused-ring (bicyclic) bond motifs is 11.